The number of aliphatic carboxylic acids is 1. The molecule has 7 nitrogen and oxygen atoms in total. The number of aromatic nitrogens is 2. The van der Waals surface area contributed by atoms with Crippen molar-refractivity contribution < 1.29 is 19.4 Å². The van der Waals surface area contributed by atoms with Gasteiger partial charge >= 0.3 is 5.97 Å². The first-order valence-corrected chi connectivity index (χ1v) is 15.6. The van der Waals surface area contributed by atoms with E-state index in [2.05, 4.69) is 37.7 Å². The van der Waals surface area contributed by atoms with E-state index in [0.717, 1.165) is 41.0 Å². The SMILES string of the molecule is CC(C)(C)c1ccc(C(N)=O)s1.CCCCCCCOc1ccc(-c2cnc(-c3ccc(CCC(=O)O)cc3)nc2)cc1. The molecule has 0 radical (unpaired) electrons. The van der Waals surface area contributed by atoms with Gasteiger partial charge in [-0.1, -0.05) is 89.8 Å². The molecule has 0 saturated carbocycles. The summed E-state index contributed by atoms with van der Waals surface area (Å²) in [5, 5.41) is 8.79. The molecule has 2 aromatic heterocycles. The van der Waals surface area contributed by atoms with Crippen LogP contribution in [0.3, 0.4) is 0 Å². The Balaban J connectivity index is 0.000000353. The number of thiophene rings is 1. The Kier molecular flexibility index (Phi) is 12.9. The van der Waals surface area contributed by atoms with Gasteiger partial charge in [0.15, 0.2) is 5.82 Å². The minimum absolute atomic E-state index is 0.109. The van der Waals surface area contributed by atoms with E-state index < -0.39 is 5.97 Å². The molecule has 0 fully saturated rings. The summed E-state index contributed by atoms with van der Waals surface area (Å²) in [6.07, 6.45) is 10.5. The molecule has 1 amide bonds. The maximum atomic E-state index is 10.8. The zero-order valence-corrected chi connectivity index (χ0v) is 26.5. The molecule has 0 saturated heterocycles. The molecular weight excluding hydrogens is 558 g/mol. The minimum atomic E-state index is -0.787. The fourth-order valence-corrected chi connectivity index (χ4v) is 5.13. The van der Waals surface area contributed by atoms with Crippen LogP contribution in [0.4, 0.5) is 0 Å². The molecule has 0 atom stereocenters. The van der Waals surface area contributed by atoms with Crippen LogP contribution in [0, 0.1) is 0 Å². The van der Waals surface area contributed by atoms with E-state index in [1.807, 2.05) is 67.0 Å². The molecule has 8 heteroatoms. The highest BCUT2D eigenvalue weighted by molar-refractivity contribution is 7.14. The van der Waals surface area contributed by atoms with Crippen molar-refractivity contribution >= 4 is 23.2 Å². The fourth-order valence-electron chi connectivity index (χ4n) is 4.21. The maximum absolute atomic E-state index is 10.8. The van der Waals surface area contributed by atoms with Crippen LogP contribution in [-0.4, -0.2) is 33.6 Å². The molecule has 0 aliphatic heterocycles. The Labute approximate surface area is 259 Å². The third-order valence-electron chi connectivity index (χ3n) is 6.78. The molecule has 2 heterocycles. The highest BCUT2D eigenvalue weighted by Crippen LogP contribution is 2.29. The number of hydrogen-bond acceptors (Lipinski definition) is 6. The molecule has 2 aromatic carbocycles. The van der Waals surface area contributed by atoms with Gasteiger partial charge in [0.05, 0.1) is 11.5 Å². The largest absolute Gasteiger partial charge is 0.494 e. The van der Waals surface area contributed by atoms with Crippen molar-refractivity contribution in [2.75, 3.05) is 6.61 Å². The predicted octanol–water partition coefficient (Wildman–Crippen LogP) is 8.32. The Hall–Kier alpha value is -4.04. The van der Waals surface area contributed by atoms with Crippen molar-refractivity contribution in [3.8, 4) is 28.3 Å². The van der Waals surface area contributed by atoms with Crippen molar-refractivity contribution in [1.29, 1.82) is 0 Å². The number of aryl methyl sites for hydroxylation is 1. The van der Waals surface area contributed by atoms with Crippen LogP contribution in [0.2, 0.25) is 0 Å². The number of unbranched alkanes of at least 4 members (excludes halogenated alkanes) is 4. The summed E-state index contributed by atoms with van der Waals surface area (Å²) in [5.41, 5.74) is 9.15. The summed E-state index contributed by atoms with van der Waals surface area (Å²) in [4.78, 5) is 32.3. The summed E-state index contributed by atoms with van der Waals surface area (Å²) in [6, 6.07) is 19.5. The molecule has 0 unspecified atom stereocenters. The van der Waals surface area contributed by atoms with E-state index in [4.69, 9.17) is 15.6 Å². The third kappa shape index (κ3) is 11.3. The second-order valence-electron chi connectivity index (χ2n) is 11.5. The van der Waals surface area contributed by atoms with Crippen molar-refractivity contribution in [3.63, 3.8) is 0 Å². The predicted molar refractivity (Wildman–Crippen MR) is 175 cm³/mol. The lowest BCUT2D eigenvalue weighted by Crippen LogP contribution is -2.09. The van der Waals surface area contributed by atoms with Gasteiger partial charge in [0.2, 0.25) is 0 Å². The molecule has 0 spiro atoms. The Morgan fingerprint density at radius 3 is 2.00 bits per heavy atom. The number of hydrogen-bond donors (Lipinski definition) is 2. The van der Waals surface area contributed by atoms with Crippen LogP contribution in [0.1, 0.15) is 86.3 Å². The van der Waals surface area contributed by atoms with E-state index in [0.29, 0.717) is 17.1 Å². The molecule has 4 aromatic rings. The number of nitrogens with two attached hydrogens (primary N) is 1. The summed E-state index contributed by atoms with van der Waals surface area (Å²) >= 11 is 1.47. The number of benzene rings is 2. The third-order valence-corrected chi connectivity index (χ3v) is 8.31. The smallest absolute Gasteiger partial charge is 0.303 e. The lowest BCUT2D eigenvalue weighted by atomic mass is 9.95. The van der Waals surface area contributed by atoms with Crippen molar-refractivity contribution in [3.05, 3.63) is 88.4 Å². The lowest BCUT2D eigenvalue weighted by molar-refractivity contribution is -0.136. The van der Waals surface area contributed by atoms with Gasteiger partial charge in [-0.3, -0.25) is 9.59 Å². The summed E-state index contributed by atoms with van der Waals surface area (Å²) in [6.45, 7) is 9.33. The van der Waals surface area contributed by atoms with Crippen LogP contribution in [0.25, 0.3) is 22.5 Å². The van der Waals surface area contributed by atoms with Crippen molar-refractivity contribution in [2.45, 2.75) is 78.1 Å². The van der Waals surface area contributed by atoms with Crippen LogP contribution in [-0.2, 0) is 16.6 Å². The number of ether oxygens (including phenoxy) is 1. The van der Waals surface area contributed by atoms with E-state index in [-0.39, 0.29) is 17.7 Å². The number of carbonyl (C=O) groups is 2. The highest BCUT2D eigenvalue weighted by Gasteiger charge is 2.17. The zero-order valence-electron chi connectivity index (χ0n) is 25.6. The first kappa shape index (κ1) is 33.5. The van der Waals surface area contributed by atoms with Gasteiger partial charge in [-0.2, -0.15) is 0 Å². The monoisotopic (exact) mass is 601 g/mol. The fraction of sp³-hybridized carbons (Fsp3) is 0.371. The van der Waals surface area contributed by atoms with E-state index in [9.17, 15) is 9.59 Å². The number of carboxylic acid groups (broad SMARTS) is 1. The van der Waals surface area contributed by atoms with E-state index in [1.165, 1.54) is 41.9 Å². The Morgan fingerprint density at radius 2 is 1.47 bits per heavy atom. The molecule has 4 rings (SSSR count). The highest BCUT2D eigenvalue weighted by atomic mass is 32.1. The van der Waals surface area contributed by atoms with Gasteiger partial charge in [-0.25, -0.2) is 9.97 Å². The number of carbonyl (C=O) groups excluding carboxylic acids is 1. The molecule has 0 bridgehead atoms. The second kappa shape index (κ2) is 16.6. The number of rotatable bonds is 13. The maximum Gasteiger partial charge on any atom is 0.303 e. The second-order valence-corrected chi connectivity index (χ2v) is 12.5. The summed E-state index contributed by atoms with van der Waals surface area (Å²) in [5.74, 6) is 0.414. The van der Waals surface area contributed by atoms with Gasteiger partial charge in [-0.15, -0.1) is 11.3 Å². The van der Waals surface area contributed by atoms with Gasteiger partial charge < -0.3 is 15.6 Å². The molecular formula is C35H43N3O4S. The van der Waals surface area contributed by atoms with Gasteiger partial charge in [0, 0.05) is 34.8 Å². The Bertz CT molecular complexity index is 1420. The summed E-state index contributed by atoms with van der Waals surface area (Å²) in [7, 11) is 0. The molecule has 43 heavy (non-hydrogen) atoms. The first-order valence-electron chi connectivity index (χ1n) is 14.8. The topological polar surface area (TPSA) is 115 Å². The van der Waals surface area contributed by atoms with Gasteiger partial charge in [0.1, 0.15) is 5.75 Å². The zero-order chi connectivity index (χ0) is 31.2. The van der Waals surface area contributed by atoms with Gasteiger partial charge in [-0.05, 0) is 53.6 Å². The first-order chi connectivity index (χ1) is 20.6. The average Bonchev–Trinajstić information content (AvgIpc) is 3.51. The number of amides is 1. The average molecular weight is 602 g/mol. The number of nitrogens with zero attached hydrogens (tertiary/aromatic N) is 2. The summed E-state index contributed by atoms with van der Waals surface area (Å²) < 4.78 is 5.83. The normalized spacial score (nSPS) is 11.0. The number of carboxylic acids is 1. The minimum Gasteiger partial charge on any atom is -0.494 e. The van der Waals surface area contributed by atoms with Crippen molar-refractivity contribution in [1.82, 2.24) is 9.97 Å². The van der Waals surface area contributed by atoms with E-state index in [1.54, 1.807) is 6.07 Å². The van der Waals surface area contributed by atoms with Crippen LogP contribution in [0.15, 0.2) is 73.1 Å². The van der Waals surface area contributed by atoms with Crippen molar-refractivity contribution in [2.24, 2.45) is 5.73 Å². The molecule has 3 N–H and O–H groups in total. The van der Waals surface area contributed by atoms with E-state index >= 15 is 0 Å². The van der Waals surface area contributed by atoms with Crippen LogP contribution < -0.4 is 10.5 Å². The van der Waals surface area contributed by atoms with Gasteiger partial charge in [0.25, 0.3) is 5.91 Å². The molecule has 228 valence electrons. The molecule has 0 aliphatic carbocycles. The Morgan fingerprint density at radius 1 is 0.837 bits per heavy atom. The molecule has 0 aliphatic rings. The van der Waals surface area contributed by atoms with Crippen LogP contribution >= 0.6 is 11.3 Å². The lowest BCUT2D eigenvalue weighted by Gasteiger charge is -2.14. The standard InChI is InChI=1S/C26H30N2O3.C9H13NOS/c1-2-3-4-5-6-17-31-24-14-12-21(13-15-24)23-18-27-26(28-19-23)22-10-7-20(8-11-22)9-16-25(29)30;1-9(2,3)7-5-4-6(12-7)8(10)11/h7-8,10-15,18-19H,2-6,9,16-17H2,1H3,(H,29,30);4-5H,1-3H3,(H2,10,11). The quantitative estimate of drug-likeness (QED) is 0.149. The number of primary amides is 1. The van der Waals surface area contributed by atoms with Crippen LogP contribution in [0.5, 0.6) is 5.75 Å².